The van der Waals surface area contributed by atoms with E-state index in [1.165, 1.54) is 29.5 Å². The number of nitrogens with zero attached hydrogens (tertiary/aromatic N) is 1. The van der Waals surface area contributed by atoms with E-state index in [1.54, 1.807) is 0 Å². The van der Waals surface area contributed by atoms with Gasteiger partial charge < -0.3 is 15.4 Å². The molecule has 0 aliphatic carbocycles. The van der Waals surface area contributed by atoms with Gasteiger partial charge in [0.2, 0.25) is 5.88 Å². The van der Waals surface area contributed by atoms with E-state index in [2.05, 4.69) is 40.7 Å². The third-order valence-electron chi connectivity index (χ3n) is 4.04. The maximum Gasteiger partial charge on any atom is 0.221 e. The molecule has 112 valence electrons. The summed E-state index contributed by atoms with van der Waals surface area (Å²) in [6.07, 6.45) is 4.23. The molecule has 1 fully saturated rings. The van der Waals surface area contributed by atoms with Gasteiger partial charge >= 0.3 is 0 Å². The zero-order valence-electron chi connectivity index (χ0n) is 12.8. The second-order valence-corrected chi connectivity index (χ2v) is 5.58. The van der Waals surface area contributed by atoms with Crippen LogP contribution in [-0.4, -0.2) is 30.7 Å². The Bertz CT molecular complexity index is 621. The molecule has 1 aliphatic heterocycles. The molecule has 0 atom stereocenters. The first-order chi connectivity index (χ1) is 10.3. The zero-order valence-corrected chi connectivity index (χ0v) is 12.8. The van der Waals surface area contributed by atoms with E-state index in [4.69, 9.17) is 4.74 Å². The van der Waals surface area contributed by atoms with Gasteiger partial charge in [0.05, 0.1) is 6.61 Å². The summed E-state index contributed by atoms with van der Waals surface area (Å²) in [6, 6.07) is 6.87. The number of fused-ring (bicyclic) bond motifs is 1. The van der Waals surface area contributed by atoms with Crippen LogP contribution in [0.4, 0.5) is 5.69 Å². The molecule has 1 aromatic heterocycles. The zero-order chi connectivity index (χ0) is 14.7. The van der Waals surface area contributed by atoms with Gasteiger partial charge in [-0.15, -0.1) is 0 Å². The van der Waals surface area contributed by atoms with E-state index in [0.717, 1.165) is 24.4 Å². The summed E-state index contributed by atoms with van der Waals surface area (Å²) in [4.78, 5) is 4.42. The minimum Gasteiger partial charge on any atom is -0.478 e. The van der Waals surface area contributed by atoms with E-state index in [9.17, 15) is 0 Å². The average Bonchev–Trinajstić information content (AvgIpc) is 2.51. The van der Waals surface area contributed by atoms with Gasteiger partial charge in [0.1, 0.15) is 0 Å². The standard InChI is InChI=1S/C17H23N3O/c1-3-21-17-14-5-4-6-15(16(14)12(2)11-19-17)20-13-7-9-18-10-8-13/h4-6,11,13,18,20H,3,7-10H2,1-2H3. The molecule has 0 saturated carbocycles. The molecule has 0 spiro atoms. The number of hydrogen-bond acceptors (Lipinski definition) is 4. The predicted octanol–water partition coefficient (Wildman–Crippen LogP) is 3.11. The number of aryl methyl sites for hydroxylation is 1. The second-order valence-electron chi connectivity index (χ2n) is 5.58. The number of aromatic nitrogens is 1. The third kappa shape index (κ3) is 2.95. The second kappa shape index (κ2) is 6.31. The van der Waals surface area contributed by atoms with Crippen LogP contribution in [0.25, 0.3) is 10.8 Å². The molecule has 1 aliphatic rings. The Balaban J connectivity index is 1.99. The van der Waals surface area contributed by atoms with Gasteiger partial charge in [0.25, 0.3) is 0 Å². The highest BCUT2D eigenvalue weighted by Crippen LogP contribution is 2.32. The molecule has 4 nitrogen and oxygen atoms in total. The van der Waals surface area contributed by atoms with Gasteiger partial charge in [-0.3, -0.25) is 0 Å². The molecule has 0 bridgehead atoms. The van der Waals surface area contributed by atoms with Crippen molar-refractivity contribution < 1.29 is 4.74 Å². The number of pyridine rings is 1. The van der Waals surface area contributed by atoms with Crippen LogP contribution in [0, 0.1) is 6.92 Å². The fourth-order valence-corrected chi connectivity index (χ4v) is 3.00. The summed E-state index contributed by atoms with van der Waals surface area (Å²) in [7, 11) is 0. The van der Waals surface area contributed by atoms with Crippen molar-refractivity contribution in [3.8, 4) is 5.88 Å². The fraction of sp³-hybridized carbons (Fsp3) is 0.471. The number of anilines is 1. The van der Waals surface area contributed by atoms with E-state index in [1.807, 2.05) is 13.1 Å². The summed E-state index contributed by atoms with van der Waals surface area (Å²) >= 11 is 0. The lowest BCUT2D eigenvalue weighted by molar-refractivity contribution is 0.331. The quantitative estimate of drug-likeness (QED) is 0.906. The van der Waals surface area contributed by atoms with E-state index >= 15 is 0 Å². The van der Waals surface area contributed by atoms with E-state index in [-0.39, 0.29) is 0 Å². The van der Waals surface area contributed by atoms with Crippen LogP contribution in [0.3, 0.4) is 0 Å². The van der Waals surface area contributed by atoms with Crippen molar-refractivity contribution >= 4 is 16.5 Å². The molecular formula is C17H23N3O. The molecule has 1 aromatic carbocycles. The summed E-state index contributed by atoms with van der Waals surface area (Å²) in [5.41, 5.74) is 2.38. The van der Waals surface area contributed by atoms with Crippen LogP contribution in [0.5, 0.6) is 5.88 Å². The predicted molar refractivity (Wildman–Crippen MR) is 87.2 cm³/mol. The molecule has 3 rings (SSSR count). The van der Waals surface area contributed by atoms with Crippen LogP contribution in [0.15, 0.2) is 24.4 Å². The smallest absolute Gasteiger partial charge is 0.221 e. The topological polar surface area (TPSA) is 46.2 Å². The van der Waals surface area contributed by atoms with Gasteiger partial charge in [-0.25, -0.2) is 4.98 Å². The fourth-order valence-electron chi connectivity index (χ4n) is 3.00. The monoisotopic (exact) mass is 285 g/mol. The first-order valence-corrected chi connectivity index (χ1v) is 7.78. The first kappa shape index (κ1) is 14.1. The Morgan fingerprint density at radius 2 is 2.14 bits per heavy atom. The molecule has 2 aromatic rings. The lowest BCUT2D eigenvalue weighted by atomic mass is 10.0. The number of ether oxygens (including phenoxy) is 1. The average molecular weight is 285 g/mol. The summed E-state index contributed by atoms with van der Waals surface area (Å²) in [5.74, 6) is 0.729. The van der Waals surface area contributed by atoms with Crippen molar-refractivity contribution in [2.75, 3.05) is 25.0 Å². The normalized spacial score (nSPS) is 16.1. The van der Waals surface area contributed by atoms with Crippen molar-refractivity contribution in [2.24, 2.45) is 0 Å². The molecule has 1 saturated heterocycles. The van der Waals surface area contributed by atoms with Gasteiger partial charge in [-0.1, -0.05) is 6.07 Å². The van der Waals surface area contributed by atoms with Crippen molar-refractivity contribution in [3.05, 3.63) is 30.0 Å². The van der Waals surface area contributed by atoms with Crippen molar-refractivity contribution in [1.29, 1.82) is 0 Å². The lowest BCUT2D eigenvalue weighted by Gasteiger charge is -2.25. The Morgan fingerprint density at radius 3 is 2.90 bits per heavy atom. The summed E-state index contributed by atoms with van der Waals surface area (Å²) in [6.45, 7) is 6.92. The van der Waals surface area contributed by atoms with Crippen LogP contribution >= 0.6 is 0 Å². The SMILES string of the molecule is CCOc1ncc(C)c2c(NC3CCNCC3)cccc12. The molecule has 0 radical (unpaired) electrons. The van der Waals surface area contributed by atoms with Gasteiger partial charge in [-0.2, -0.15) is 0 Å². The lowest BCUT2D eigenvalue weighted by Crippen LogP contribution is -2.35. The van der Waals surface area contributed by atoms with Gasteiger partial charge in [0.15, 0.2) is 0 Å². The molecular weight excluding hydrogens is 262 g/mol. The Morgan fingerprint density at radius 1 is 1.33 bits per heavy atom. The Hall–Kier alpha value is -1.81. The number of nitrogens with one attached hydrogen (secondary N) is 2. The molecule has 21 heavy (non-hydrogen) atoms. The maximum absolute atomic E-state index is 5.67. The molecule has 2 N–H and O–H groups in total. The first-order valence-electron chi connectivity index (χ1n) is 7.78. The summed E-state index contributed by atoms with van der Waals surface area (Å²) in [5, 5.41) is 9.44. The van der Waals surface area contributed by atoms with Crippen LogP contribution in [0.2, 0.25) is 0 Å². The van der Waals surface area contributed by atoms with E-state index in [0.29, 0.717) is 12.6 Å². The number of hydrogen-bond donors (Lipinski definition) is 2. The highest BCUT2D eigenvalue weighted by Gasteiger charge is 2.15. The molecule has 0 amide bonds. The van der Waals surface area contributed by atoms with Crippen molar-refractivity contribution in [1.82, 2.24) is 10.3 Å². The summed E-state index contributed by atoms with van der Waals surface area (Å²) < 4.78 is 5.67. The van der Waals surface area contributed by atoms with E-state index < -0.39 is 0 Å². The Labute approximate surface area is 125 Å². The highest BCUT2D eigenvalue weighted by molar-refractivity contribution is 5.99. The molecule has 4 heteroatoms. The Kier molecular flexibility index (Phi) is 4.25. The third-order valence-corrected chi connectivity index (χ3v) is 4.04. The highest BCUT2D eigenvalue weighted by atomic mass is 16.5. The number of piperidine rings is 1. The van der Waals surface area contributed by atoms with Crippen LogP contribution in [0.1, 0.15) is 25.3 Å². The maximum atomic E-state index is 5.67. The minimum atomic E-state index is 0.542. The number of benzene rings is 1. The number of rotatable bonds is 4. The largest absolute Gasteiger partial charge is 0.478 e. The molecule has 0 unspecified atom stereocenters. The molecule has 2 heterocycles. The van der Waals surface area contributed by atoms with Gasteiger partial charge in [0, 0.05) is 28.7 Å². The van der Waals surface area contributed by atoms with Crippen molar-refractivity contribution in [3.63, 3.8) is 0 Å². The van der Waals surface area contributed by atoms with Crippen LogP contribution in [-0.2, 0) is 0 Å². The minimum absolute atomic E-state index is 0.542. The van der Waals surface area contributed by atoms with Crippen molar-refractivity contribution in [2.45, 2.75) is 32.7 Å². The van der Waals surface area contributed by atoms with Gasteiger partial charge in [-0.05, 0) is 57.5 Å². The van der Waals surface area contributed by atoms with Crippen LogP contribution < -0.4 is 15.4 Å².